The first-order valence-corrected chi connectivity index (χ1v) is 12.3. The summed E-state index contributed by atoms with van der Waals surface area (Å²) in [5, 5.41) is 3.19. The van der Waals surface area contributed by atoms with Crippen LogP contribution in [0.15, 0.2) is 59.5 Å². The van der Waals surface area contributed by atoms with Gasteiger partial charge in [0.05, 0.1) is 25.3 Å². The topological polar surface area (TPSA) is 90.3 Å². The lowest BCUT2D eigenvalue weighted by Gasteiger charge is -2.25. The summed E-state index contributed by atoms with van der Waals surface area (Å²) in [5.41, 5.74) is 4.14. The molecule has 7 nitrogen and oxygen atoms in total. The van der Waals surface area contributed by atoms with E-state index in [-0.39, 0.29) is 29.0 Å². The van der Waals surface area contributed by atoms with Crippen LogP contribution in [-0.4, -0.2) is 28.5 Å². The number of carbonyl (C=O) groups excluding carboxylic acids is 2. The van der Waals surface area contributed by atoms with E-state index in [4.69, 9.17) is 16.3 Å². The average Bonchev–Trinajstić information content (AvgIpc) is 2.82. The van der Waals surface area contributed by atoms with Gasteiger partial charge in [-0.2, -0.15) is 0 Å². The average molecular weight is 510 g/mol. The van der Waals surface area contributed by atoms with Gasteiger partial charge in [-0.15, -0.1) is 0 Å². The maximum atomic E-state index is 13.5. The zero-order valence-corrected chi connectivity index (χ0v) is 22.0. The number of halogens is 1. The van der Waals surface area contributed by atoms with Crippen molar-refractivity contribution in [2.75, 3.05) is 7.11 Å². The van der Waals surface area contributed by atoms with E-state index in [1.807, 2.05) is 52.0 Å². The Balaban J connectivity index is 2.04. The number of amides is 1. The first-order chi connectivity index (χ1) is 17.1. The second-order valence-electron chi connectivity index (χ2n) is 9.30. The number of methoxy groups -OCH3 is 1. The number of hydrogen-bond donors (Lipinski definition) is 1. The number of nitrogens with one attached hydrogen (secondary N) is 1. The molecule has 3 aromatic rings. The summed E-state index contributed by atoms with van der Waals surface area (Å²) in [6.45, 7) is 7.99. The van der Waals surface area contributed by atoms with Crippen LogP contribution in [0.25, 0.3) is 11.1 Å². The minimum atomic E-state index is -0.805. The Morgan fingerprint density at radius 1 is 1.08 bits per heavy atom. The van der Waals surface area contributed by atoms with Crippen LogP contribution in [0.4, 0.5) is 0 Å². The fourth-order valence-electron chi connectivity index (χ4n) is 4.35. The van der Waals surface area contributed by atoms with Crippen LogP contribution < -0.4 is 10.9 Å². The molecule has 0 aliphatic heterocycles. The summed E-state index contributed by atoms with van der Waals surface area (Å²) < 4.78 is 6.30. The predicted octanol–water partition coefficient (Wildman–Crippen LogP) is 5.19. The van der Waals surface area contributed by atoms with Gasteiger partial charge in [-0.3, -0.25) is 14.4 Å². The van der Waals surface area contributed by atoms with Gasteiger partial charge < -0.3 is 14.6 Å². The monoisotopic (exact) mass is 509 g/mol. The van der Waals surface area contributed by atoms with Gasteiger partial charge in [-0.25, -0.2) is 4.98 Å². The highest BCUT2D eigenvalue weighted by molar-refractivity contribution is 6.29. The van der Waals surface area contributed by atoms with E-state index < -0.39 is 18.1 Å². The van der Waals surface area contributed by atoms with Crippen molar-refractivity contribution in [2.24, 2.45) is 5.92 Å². The Morgan fingerprint density at radius 3 is 2.39 bits per heavy atom. The molecule has 0 saturated heterocycles. The number of hydrogen-bond acceptors (Lipinski definition) is 5. The third kappa shape index (κ3) is 6.61. The quantitative estimate of drug-likeness (QED) is 0.317. The molecular formula is C28H32ClN3O4. The smallest absolute Gasteiger partial charge is 0.308 e. The molecule has 36 heavy (non-hydrogen) atoms. The lowest BCUT2D eigenvalue weighted by atomic mass is 9.95. The summed E-state index contributed by atoms with van der Waals surface area (Å²) >= 11 is 6.42. The molecule has 2 aromatic heterocycles. The maximum Gasteiger partial charge on any atom is 0.308 e. The molecule has 1 unspecified atom stereocenters. The summed E-state index contributed by atoms with van der Waals surface area (Å²) in [5.74, 6) is -0.749. The molecule has 3 rings (SSSR count). The molecule has 1 aromatic carbocycles. The number of aromatic nitrogens is 2. The van der Waals surface area contributed by atoms with Gasteiger partial charge in [0.2, 0.25) is 5.91 Å². The van der Waals surface area contributed by atoms with Crippen molar-refractivity contribution in [1.82, 2.24) is 14.9 Å². The second-order valence-corrected chi connectivity index (χ2v) is 9.69. The van der Waals surface area contributed by atoms with Gasteiger partial charge in [-0.05, 0) is 66.6 Å². The summed E-state index contributed by atoms with van der Waals surface area (Å²) in [7, 11) is 1.29. The van der Waals surface area contributed by atoms with Gasteiger partial charge in [0.1, 0.15) is 11.2 Å². The zero-order chi connectivity index (χ0) is 26.4. The number of pyridine rings is 2. The fourth-order valence-corrected chi connectivity index (χ4v) is 4.56. The Morgan fingerprint density at radius 2 is 1.78 bits per heavy atom. The number of rotatable bonds is 9. The van der Waals surface area contributed by atoms with Crippen molar-refractivity contribution in [1.29, 1.82) is 0 Å². The maximum absolute atomic E-state index is 13.5. The third-order valence-electron chi connectivity index (χ3n) is 6.04. The summed E-state index contributed by atoms with van der Waals surface area (Å²) in [6.07, 6.45) is 1.90. The van der Waals surface area contributed by atoms with Crippen LogP contribution in [0.1, 0.15) is 55.6 Å². The van der Waals surface area contributed by atoms with Crippen LogP contribution in [0.5, 0.6) is 0 Å². The molecule has 0 radical (unpaired) electrons. The van der Waals surface area contributed by atoms with Crippen molar-refractivity contribution < 1.29 is 14.3 Å². The number of nitrogens with zero attached hydrogens (tertiary/aromatic N) is 2. The fraction of sp³-hybridized carbons (Fsp3) is 0.357. The third-order valence-corrected chi connectivity index (χ3v) is 6.23. The van der Waals surface area contributed by atoms with Crippen molar-refractivity contribution in [2.45, 2.75) is 52.6 Å². The first kappa shape index (κ1) is 27.1. The lowest BCUT2D eigenvalue weighted by Crippen LogP contribution is -2.40. The van der Waals surface area contributed by atoms with E-state index in [0.29, 0.717) is 12.1 Å². The molecule has 2 atom stereocenters. The Kier molecular flexibility index (Phi) is 9.04. The Hall–Kier alpha value is -3.45. The van der Waals surface area contributed by atoms with Crippen LogP contribution >= 0.6 is 11.6 Å². The van der Waals surface area contributed by atoms with Gasteiger partial charge in [0, 0.05) is 12.3 Å². The molecule has 1 amide bonds. The van der Waals surface area contributed by atoms with E-state index in [2.05, 4.69) is 10.3 Å². The second kappa shape index (κ2) is 12.0. The van der Waals surface area contributed by atoms with Crippen LogP contribution in [0, 0.1) is 19.8 Å². The zero-order valence-electron chi connectivity index (χ0n) is 21.2. The minimum absolute atomic E-state index is 0.139. The number of ether oxygens (including phenoxy) is 1. The van der Waals surface area contributed by atoms with E-state index in [9.17, 15) is 14.4 Å². The van der Waals surface area contributed by atoms with E-state index in [1.165, 1.54) is 17.7 Å². The largest absolute Gasteiger partial charge is 0.469 e. The van der Waals surface area contributed by atoms with Crippen molar-refractivity contribution >= 4 is 23.5 Å². The number of carbonyl (C=O) groups is 2. The van der Waals surface area contributed by atoms with Gasteiger partial charge >= 0.3 is 5.97 Å². The lowest BCUT2D eigenvalue weighted by molar-refractivity contribution is -0.141. The summed E-state index contributed by atoms with van der Waals surface area (Å²) in [6, 6.07) is 12.8. The standard InChI is InChI=1S/C28H32ClN3O4/c1-17(2)13-23(32-12-7-6-11-25(32)33)28(35)31-22(16-26(34)36-5)21-14-20(15-24(29)30-21)27-18(3)9-8-10-19(27)4/h6-12,14-15,17,22-23H,13,16H2,1-5H3,(H,31,35)/t22-,23?/m0/s1. The molecule has 0 aliphatic carbocycles. The number of aryl methyl sites for hydroxylation is 2. The molecule has 190 valence electrons. The first-order valence-electron chi connectivity index (χ1n) is 11.9. The molecule has 0 bridgehead atoms. The highest BCUT2D eigenvalue weighted by atomic mass is 35.5. The molecule has 0 fully saturated rings. The molecule has 0 aliphatic rings. The molecule has 0 saturated carbocycles. The van der Waals surface area contributed by atoms with Crippen molar-refractivity contribution in [3.63, 3.8) is 0 Å². The van der Waals surface area contributed by atoms with Gasteiger partial charge in [-0.1, -0.05) is 49.7 Å². The van der Waals surface area contributed by atoms with Crippen LogP contribution in [-0.2, 0) is 14.3 Å². The van der Waals surface area contributed by atoms with E-state index >= 15 is 0 Å². The van der Waals surface area contributed by atoms with Crippen LogP contribution in [0.2, 0.25) is 5.15 Å². The molecule has 0 spiro atoms. The van der Waals surface area contributed by atoms with Crippen LogP contribution in [0.3, 0.4) is 0 Å². The van der Waals surface area contributed by atoms with Crippen molar-refractivity contribution in [3.8, 4) is 11.1 Å². The highest BCUT2D eigenvalue weighted by Gasteiger charge is 2.28. The summed E-state index contributed by atoms with van der Waals surface area (Å²) in [4.78, 5) is 42.8. The van der Waals surface area contributed by atoms with Gasteiger partial charge in [0.15, 0.2) is 0 Å². The number of esters is 1. The molecular weight excluding hydrogens is 478 g/mol. The molecule has 1 N–H and O–H groups in total. The van der Waals surface area contributed by atoms with E-state index in [0.717, 1.165) is 22.3 Å². The van der Waals surface area contributed by atoms with Crippen molar-refractivity contribution in [3.05, 3.63) is 87.1 Å². The highest BCUT2D eigenvalue weighted by Crippen LogP contribution is 2.31. The normalized spacial score (nSPS) is 12.8. The van der Waals surface area contributed by atoms with Gasteiger partial charge in [0.25, 0.3) is 5.56 Å². The Labute approximate surface area is 216 Å². The SMILES string of the molecule is COC(=O)C[C@H](NC(=O)C(CC(C)C)n1ccccc1=O)c1cc(-c2c(C)cccc2C)cc(Cl)n1. The molecule has 8 heteroatoms. The Bertz CT molecular complexity index is 1280. The predicted molar refractivity (Wildman–Crippen MR) is 141 cm³/mol. The number of benzene rings is 1. The molecule has 2 heterocycles. The van der Waals surface area contributed by atoms with E-state index in [1.54, 1.807) is 24.4 Å². The minimum Gasteiger partial charge on any atom is -0.469 e.